The molecule has 1 fully saturated rings. The molecule has 1 aliphatic heterocycles. The van der Waals surface area contributed by atoms with Crippen LogP contribution in [0, 0.1) is 5.82 Å². The molecule has 1 aliphatic rings. The summed E-state index contributed by atoms with van der Waals surface area (Å²) >= 11 is 1.60. The van der Waals surface area contributed by atoms with Crippen LogP contribution < -0.4 is 10.6 Å². The summed E-state index contributed by atoms with van der Waals surface area (Å²) in [5.41, 5.74) is 6.24. The van der Waals surface area contributed by atoms with E-state index < -0.39 is 21.0 Å². The van der Waals surface area contributed by atoms with Crippen LogP contribution in [0.3, 0.4) is 0 Å². The Kier molecular flexibility index (Phi) is 4.25. The van der Waals surface area contributed by atoms with Crippen LogP contribution in [0.25, 0.3) is 0 Å². The predicted octanol–water partition coefficient (Wildman–Crippen LogP) is 1.72. The minimum atomic E-state index is -3.22. The van der Waals surface area contributed by atoms with Crippen molar-refractivity contribution in [1.29, 1.82) is 0 Å². The third-order valence-electron chi connectivity index (χ3n) is 3.24. The van der Waals surface area contributed by atoms with Crippen LogP contribution in [0.4, 0.5) is 15.8 Å². The normalized spacial score (nSPS) is 20.5. The van der Waals surface area contributed by atoms with Crippen molar-refractivity contribution < 1.29 is 12.8 Å². The molecular weight excluding hydrogens is 287 g/mol. The minimum Gasteiger partial charge on any atom is -0.395 e. The number of halogens is 1. The van der Waals surface area contributed by atoms with Crippen molar-refractivity contribution in [3.63, 3.8) is 0 Å². The third kappa shape index (κ3) is 2.81. The average Bonchev–Trinajstić information content (AvgIpc) is 2.42. The van der Waals surface area contributed by atoms with Gasteiger partial charge in [0.25, 0.3) is 0 Å². The molecule has 1 heterocycles. The summed E-state index contributed by atoms with van der Waals surface area (Å²) in [5, 5.41) is -0.625. The van der Waals surface area contributed by atoms with Gasteiger partial charge in [0, 0.05) is 23.8 Å². The summed E-state index contributed by atoms with van der Waals surface area (Å²) in [4.78, 5) is 1.72. The largest absolute Gasteiger partial charge is 0.395 e. The maximum Gasteiger partial charge on any atom is 0.171 e. The molecule has 1 atom stereocenters. The van der Waals surface area contributed by atoms with Crippen molar-refractivity contribution in [2.75, 3.05) is 34.4 Å². The summed E-state index contributed by atoms with van der Waals surface area (Å²) in [6, 6.07) is 4.51. The molecule has 0 spiro atoms. The van der Waals surface area contributed by atoms with Gasteiger partial charge in [-0.2, -0.15) is 11.8 Å². The van der Waals surface area contributed by atoms with Gasteiger partial charge in [0.2, 0.25) is 0 Å². The van der Waals surface area contributed by atoms with Gasteiger partial charge in [-0.15, -0.1) is 0 Å². The highest BCUT2D eigenvalue weighted by molar-refractivity contribution is 8.01. The van der Waals surface area contributed by atoms with Crippen molar-refractivity contribution in [2.45, 2.75) is 12.3 Å². The first-order chi connectivity index (χ1) is 8.97. The molecule has 0 aliphatic carbocycles. The number of thioether (sulfide) groups is 1. The van der Waals surface area contributed by atoms with Crippen LogP contribution >= 0.6 is 11.8 Å². The van der Waals surface area contributed by atoms with Crippen molar-refractivity contribution in [2.24, 2.45) is 0 Å². The lowest BCUT2D eigenvalue weighted by molar-refractivity contribution is 0.579. The summed E-state index contributed by atoms with van der Waals surface area (Å²) in [5.74, 6) is 0.866. The lowest BCUT2D eigenvalue weighted by Gasteiger charge is -2.37. The highest BCUT2D eigenvalue weighted by Crippen LogP contribution is 2.32. The molecule has 19 heavy (non-hydrogen) atoms. The van der Waals surface area contributed by atoms with Gasteiger partial charge in [-0.1, -0.05) is 13.0 Å². The zero-order valence-electron chi connectivity index (χ0n) is 10.7. The molecule has 106 valence electrons. The molecule has 1 aromatic rings. The van der Waals surface area contributed by atoms with E-state index in [1.54, 1.807) is 35.7 Å². The molecule has 4 nitrogen and oxygen atoms in total. The highest BCUT2D eigenvalue weighted by Gasteiger charge is 2.34. The summed E-state index contributed by atoms with van der Waals surface area (Å²) in [6.45, 7) is 2.18. The number of sulfone groups is 1. The number of hydrogen-bond acceptors (Lipinski definition) is 5. The van der Waals surface area contributed by atoms with Gasteiger partial charge in [0.15, 0.2) is 9.84 Å². The molecule has 7 heteroatoms. The Bertz CT molecular complexity index is 563. The highest BCUT2D eigenvalue weighted by atomic mass is 32.2. The molecule has 0 bridgehead atoms. The van der Waals surface area contributed by atoms with E-state index in [-0.39, 0.29) is 11.4 Å². The van der Waals surface area contributed by atoms with Gasteiger partial charge in [0.1, 0.15) is 11.2 Å². The lowest BCUT2D eigenvalue weighted by Crippen LogP contribution is -2.48. The fourth-order valence-electron chi connectivity index (χ4n) is 2.12. The van der Waals surface area contributed by atoms with Crippen LogP contribution in [0.1, 0.15) is 6.92 Å². The molecule has 0 amide bonds. The lowest BCUT2D eigenvalue weighted by atomic mass is 10.2. The standard InChI is InChI=1S/C12H17FN2O2S2/c1-2-19(16,17)11-8-18-7-6-15(11)10-5-3-4-9(13)12(10)14/h3-5,11H,2,6-8,14H2,1H3. The first kappa shape index (κ1) is 14.5. The topological polar surface area (TPSA) is 63.4 Å². The Morgan fingerprint density at radius 1 is 1.53 bits per heavy atom. The second-order valence-electron chi connectivity index (χ2n) is 4.35. The number of nitrogens with two attached hydrogens (primary N) is 1. The van der Waals surface area contributed by atoms with Crippen LogP contribution in [0.2, 0.25) is 0 Å². The molecule has 1 aromatic carbocycles. The molecule has 0 saturated carbocycles. The average molecular weight is 304 g/mol. The van der Waals surface area contributed by atoms with Crippen LogP contribution in [-0.4, -0.2) is 37.6 Å². The Labute approximate surface area is 117 Å². The maximum atomic E-state index is 13.5. The van der Waals surface area contributed by atoms with Crippen LogP contribution in [-0.2, 0) is 9.84 Å². The van der Waals surface area contributed by atoms with E-state index in [2.05, 4.69) is 0 Å². The summed E-state index contributed by atoms with van der Waals surface area (Å²) in [6.07, 6.45) is 0. The Morgan fingerprint density at radius 2 is 2.26 bits per heavy atom. The van der Waals surface area contributed by atoms with Gasteiger partial charge in [-0.3, -0.25) is 0 Å². The molecule has 0 radical (unpaired) electrons. The van der Waals surface area contributed by atoms with E-state index in [0.717, 1.165) is 5.75 Å². The van der Waals surface area contributed by atoms with Gasteiger partial charge < -0.3 is 10.6 Å². The Balaban J connectivity index is 2.43. The zero-order chi connectivity index (χ0) is 14.0. The van der Waals surface area contributed by atoms with E-state index in [1.807, 2.05) is 0 Å². The molecule has 2 rings (SSSR count). The molecule has 2 N–H and O–H groups in total. The summed E-state index contributed by atoms with van der Waals surface area (Å²) in [7, 11) is -3.22. The number of anilines is 2. The van der Waals surface area contributed by atoms with Gasteiger partial charge in [-0.05, 0) is 12.1 Å². The van der Waals surface area contributed by atoms with Crippen LogP contribution in [0.5, 0.6) is 0 Å². The van der Waals surface area contributed by atoms with Gasteiger partial charge in [0.05, 0.1) is 11.4 Å². The molecular formula is C12H17FN2O2S2. The second-order valence-corrected chi connectivity index (χ2v) is 7.94. The van der Waals surface area contributed by atoms with E-state index in [4.69, 9.17) is 5.73 Å². The Hall–Kier alpha value is -0.950. The van der Waals surface area contributed by atoms with E-state index in [1.165, 1.54) is 6.07 Å². The second kappa shape index (κ2) is 5.58. The minimum absolute atomic E-state index is 0.0192. The zero-order valence-corrected chi connectivity index (χ0v) is 12.3. The SMILES string of the molecule is CCS(=O)(=O)C1CSCCN1c1cccc(F)c1N. The van der Waals surface area contributed by atoms with E-state index in [9.17, 15) is 12.8 Å². The van der Waals surface area contributed by atoms with E-state index in [0.29, 0.717) is 18.0 Å². The smallest absolute Gasteiger partial charge is 0.171 e. The number of benzene rings is 1. The number of para-hydroxylation sites is 1. The Morgan fingerprint density at radius 3 is 2.95 bits per heavy atom. The number of nitrogen functional groups attached to an aromatic ring is 1. The monoisotopic (exact) mass is 304 g/mol. The molecule has 0 aromatic heterocycles. The predicted molar refractivity (Wildman–Crippen MR) is 78.7 cm³/mol. The quantitative estimate of drug-likeness (QED) is 0.862. The van der Waals surface area contributed by atoms with Crippen molar-refractivity contribution in [3.05, 3.63) is 24.0 Å². The van der Waals surface area contributed by atoms with E-state index >= 15 is 0 Å². The first-order valence-electron chi connectivity index (χ1n) is 6.07. The van der Waals surface area contributed by atoms with Crippen LogP contribution in [0.15, 0.2) is 18.2 Å². The number of hydrogen-bond donors (Lipinski definition) is 1. The van der Waals surface area contributed by atoms with Gasteiger partial charge >= 0.3 is 0 Å². The molecule has 1 unspecified atom stereocenters. The first-order valence-corrected chi connectivity index (χ1v) is 8.94. The van der Waals surface area contributed by atoms with Crippen molar-refractivity contribution in [3.8, 4) is 0 Å². The summed E-state index contributed by atoms with van der Waals surface area (Å²) < 4.78 is 37.8. The fourth-order valence-corrected chi connectivity index (χ4v) is 5.11. The molecule has 1 saturated heterocycles. The van der Waals surface area contributed by atoms with Crippen molar-refractivity contribution >= 4 is 33.0 Å². The maximum absolute atomic E-state index is 13.5. The van der Waals surface area contributed by atoms with Crippen molar-refractivity contribution in [1.82, 2.24) is 0 Å². The number of rotatable bonds is 3. The fraction of sp³-hybridized carbons (Fsp3) is 0.500. The third-order valence-corrected chi connectivity index (χ3v) is 6.53. The number of nitrogens with zero attached hydrogens (tertiary/aromatic N) is 1. The van der Waals surface area contributed by atoms with Gasteiger partial charge in [-0.25, -0.2) is 12.8 Å².